The molecule has 0 aliphatic heterocycles. The molecule has 0 atom stereocenters. The van der Waals surface area contributed by atoms with Crippen LogP contribution in [0.1, 0.15) is 35.6 Å². The fourth-order valence-electron chi connectivity index (χ4n) is 2.86. The summed E-state index contributed by atoms with van der Waals surface area (Å²) in [5.41, 5.74) is 2.31. The number of hydrogen-bond donors (Lipinski definition) is 1. The molecule has 0 aliphatic carbocycles. The first-order valence-electron chi connectivity index (χ1n) is 10.3. The topological polar surface area (TPSA) is 86.1 Å². The highest BCUT2D eigenvalue weighted by Crippen LogP contribution is 2.25. The fraction of sp³-hybridized carbons (Fsp3) is 0.304. The molecule has 9 heteroatoms. The van der Waals surface area contributed by atoms with Crippen molar-refractivity contribution in [1.82, 2.24) is 14.8 Å². The van der Waals surface area contributed by atoms with Crippen molar-refractivity contribution >= 4 is 41.1 Å². The predicted octanol–water partition coefficient (Wildman–Crippen LogP) is 4.81. The van der Waals surface area contributed by atoms with Crippen molar-refractivity contribution in [2.24, 2.45) is 0 Å². The number of rotatable bonds is 10. The van der Waals surface area contributed by atoms with Gasteiger partial charge in [0.05, 0.1) is 23.7 Å². The van der Waals surface area contributed by atoms with Gasteiger partial charge in [-0.25, -0.2) is 4.79 Å². The van der Waals surface area contributed by atoms with E-state index in [1.54, 1.807) is 43.0 Å². The lowest BCUT2D eigenvalue weighted by Crippen LogP contribution is -2.15. The van der Waals surface area contributed by atoms with Gasteiger partial charge in [0.1, 0.15) is 5.82 Å². The second kappa shape index (κ2) is 11.7. The predicted molar refractivity (Wildman–Crippen MR) is 128 cm³/mol. The van der Waals surface area contributed by atoms with Crippen molar-refractivity contribution in [3.05, 3.63) is 65.5 Å². The van der Waals surface area contributed by atoms with Crippen LogP contribution in [0.15, 0.2) is 58.6 Å². The fourth-order valence-corrected chi connectivity index (χ4v) is 4.52. The van der Waals surface area contributed by atoms with Crippen LogP contribution in [0.3, 0.4) is 0 Å². The smallest absolute Gasteiger partial charge is 0.338 e. The quantitative estimate of drug-likeness (QED) is 0.336. The summed E-state index contributed by atoms with van der Waals surface area (Å²) < 4.78 is 7.00. The van der Waals surface area contributed by atoms with Crippen LogP contribution in [-0.2, 0) is 21.8 Å². The summed E-state index contributed by atoms with van der Waals surface area (Å²) in [5, 5.41) is 12.1. The van der Waals surface area contributed by atoms with E-state index in [4.69, 9.17) is 4.74 Å². The molecule has 0 unspecified atom stereocenters. The largest absolute Gasteiger partial charge is 0.462 e. The van der Waals surface area contributed by atoms with Gasteiger partial charge in [0.2, 0.25) is 5.91 Å². The zero-order valence-corrected chi connectivity index (χ0v) is 20.0. The summed E-state index contributed by atoms with van der Waals surface area (Å²) in [5.74, 6) is 1.28. The molecule has 1 amide bonds. The summed E-state index contributed by atoms with van der Waals surface area (Å²) >= 11 is 3.06. The number of esters is 1. The normalized spacial score (nSPS) is 10.7. The molecule has 2 aromatic carbocycles. The molecular formula is C23H26N4O3S2. The zero-order valence-electron chi connectivity index (χ0n) is 18.3. The van der Waals surface area contributed by atoms with Gasteiger partial charge >= 0.3 is 5.97 Å². The Kier molecular flexibility index (Phi) is 8.75. The number of anilines is 1. The number of aromatic nitrogens is 3. The van der Waals surface area contributed by atoms with E-state index in [1.807, 2.05) is 11.5 Å². The van der Waals surface area contributed by atoms with Crippen LogP contribution in [0.4, 0.5) is 5.69 Å². The zero-order chi connectivity index (χ0) is 22.9. The van der Waals surface area contributed by atoms with E-state index in [1.165, 1.54) is 22.2 Å². The van der Waals surface area contributed by atoms with Gasteiger partial charge in [-0.05, 0) is 57.2 Å². The highest BCUT2D eigenvalue weighted by Gasteiger charge is 2.14. The number of aryl methyl sites for hydroxylation is 1. The molecular weight excluding hydrogens is 444 g/mol. The molecule has 0 radical (unpaired) electrons. The Balaban J connectivity index is 1.53. The van der Waals surface area contributed by atoms with E-state index in [2.05, 4.69) is 46.7 Å². The lowest BCUT2D eigenvalue weighted by molar-refractivity contribution is -0.113. The minimum absolute atomic E-state index is 0.153. The molecule has 1 aromatic heterocycles. The van der Waals surface area contributed by atoms with Crippen molar-refractivity contribution in [2.75, 3.05) is 17.7 Å². The SMILES string of the molecule is CCOC(=O)c1ccc(NC(=O)CSc2nnc(CSc3ccc(C)cc3)n2CC)cc1. The van der Waals surface area contributed by atoms with Crippen molar-refractivity contribution in [2.45, 2.75) is 43.1 Å². The average Bonchev–Trinajstić information content (AvgIpc) is 3.19. The maximum atomic E-state index is 12.4. The summed E-state index contributed by atoms with van der Waals surface area (Å²) in [7, 11) is 0. The van der Waals surface area contributed by atoms with Gasteiger partial charge in [0, 0.05) is 17.1 Å². The number of benzene rings is 2. The molecule has 1 heterocycles. The van der Waals surface area contributed by atoms with E-state index in [-0.39, 0.29) is 17.6 Å². The van der Waals surface area contributed by atoms with Crippen molar-refractivity contribution in [3.8, 4) is 0 Å². The van der Waals surface area contributed by atoms with Crippen molar-refractivity contribution < 1.29 is 14.3 Å². The highest BCUT2D eigenvalue weighted by molar-refractivity contribution is 7.99. The van der Waals surface area contributed by atoms with Crippen LogP contribution in [0, 0.1) is 6.92 Å². The van der Waals surface area contributed by atoms with Gasteiger partial charge in [-0.3, -0.25) is 4.79 Å². The Morgan fingerprint density at radius 1 is 1.00 bits per heavy atom. The molecule has 0 fully saturated rings. The standard InChI is InChI=1S/C23H26N4O3S2/c1-4-27-20(14-31-19-12-6-16(3)7-13-19)25-26-23(27)32-15-21(28)24-18-10-8-17(9-11-18)22(29)30-5-2/h6-13H,4-5,14-15H2,1-3H3,(H,24,28). The molecule has 0 aliphatic rings. The molecule has 1 N–H and O–H groups in total. The van der Waals surface area contributed by atoms with E-state index < -0.39 is 0 Å². The van der Waals surface area contributed by atoms with Gasteiger partial charge in [0.25, 0.3) is 0 Å². The second-order valence-corrected chi connectivity index (χ2v) is 8.87. The summed E-state index contributed by atoms with van der Waals surface area (Å²) in [6.07, 6.45) is 0. The highest BCUT2D eigenvalue weighted by atomic mass is 32.2. The molecule has 0 spiro atoms. The number of thioether (sulfide) groups is 2. The Hall–Kier alpha value is -2.78. The van der Waals surface area contributed by atoms with Crippen LogP contribution in [-0.4, -0.2) is 39.0 Å². The minimum atomic E-state index is -0.379. The lowest BCUT2D eigenvalue weighted by atomic mass is 10.2. The molecule has 3 aromatic rings. The van der Waals surface area contributed by atoms with E-state index in [0.717, 1.165) is 17.5 Å². The van der Waals surface area contributed by atoms with Crippen LogP contribution in [0.5, 0.6) is 0 Å². The number of hydrogen-bond acceptors (Lipinski definition) is 7. The van der Waals surface area contributed by atoms with Crippen LogP contribution < -0.4 is 5.32 Å². The maximum Gasteiger partial charge on any atom is 0.338 e. The number of carbonyl (C=O) groups excluding carboxylic acids is 2. The Bertz CT molecular complexity index is 1050. The minimum Gasteiger partial charge on any atom is -0.462 e. The van der Waals surface area contributed by atoms with Gasteiger partial charge < -0.3 is 14.6 Å². The summed E-state index contributed by atoms with van der Waals surface area (Å²) in [6, 6.07) is 15.0. The van der Waals surface area contributed by atoms with Crippen LogP contribution >= 0.6 is 23.5 Å². The summed E-state index contributed by atoms with van der Waals surface area (Å²) in [4.78, 5) is 25.3. The monoisotopic (exact) mass is 470 g/mol. The Morgan fingerprint density at radius 2 is 1.72 bits per heavy atom. The van der Waals surface area contributed by atoms with Crippen LogP contribution in [0.25, 0.3) is 0 Å². The third kappa shape index (κ3) is 6.61. The first-order valence-corrected chi connectivity index (χ1v) is 12.3. The van der Waals surface area contributed by atoms with Gasteiger partial charge in [-0.2, -0.15) is 0 Å². The summed E-state index contributed by atoms with van der Waals surface area (Å²) in [6.45, 7) is 6.92. The number of nitrogens with one attached hydrogen (secondary N) is 1. The van der Waals surface area contributed by atoms with E-state index in [0.29, 0.717) is 23.6 Å². The Labute approximate surface area is 196 Å². The molecule has 32 heavy (non-hydrogen) atoms. The van der Waals surface area contributed by atoms with Gasteiger partial charge in [-0.15, -0.1) is 22.0 Å². The Morgan fingerprint density at radius 3 is 2.38 bits per heavy atom. The number of ether oxygens (including phenoxy) is 1. The van der Waals surface area contributed by atoms with E-state index in [9.17, 15) is 9.59 Å². The lowest BCUT2D eigenvalue weighted by Gasteiger charge is -2.08. The first-order chi connectivity index (χ1) is 15.5. The third-order valence-corrected chi connectivity index (χ3v) is 6.49. The molecule has 7 nitrogen and oxygen atoms in total. The van der Waals surface area contributed by atoms with Gasteiger partial charge in [-0.1, -0.05) is 29.5 Å². The molecule has 0 bridgehead atoms. The number of carbonyl (C=O) groups is 2. The average molecular weight is 471 g/mol. The van der Waals surface area contributed by atoms with Crippen molar-refractivity contribution in [1.29, 1.82) is 0 Å². The van der Waals surface area contributed by atoms with Gasteiger partial charge in [0.15, 0.2) is 5.16 Å². The third-order valence-electron chi connectivity index (χ3n) is 4.51. The number of nitrogens with zero attached hydrogens (tertiary/aromatic N) is 3. The van der Waals surface area contributed by atoms with E-state index >= 15 is 0 Å². The second-order valence-electron chi connectivity index (χ2n) is 6.88. The maximum absolute atomic E-state index is 12.4. The molecule has 168 valence electrons. The molecule has 0 saturated carbocycles. The number of amides is 1. The molecule has 0 saturated heterocycles. The van der Waals surface area contributed by atoms with Crippen molar-refractivity contribution in [3.63, 3.8) is 0 Å². The molecule has 3 rings (SSSR count). The first kappa shape index (κ1) is 23.9. The van der Waals surface area contributed by atoms with Crippen LogP contribution in [0.2, 0.25) is 0 Å².